The molecule has 1 aromatic carbocycles. The van der Waals surface area contributed by atoms with Gasteiger partial charge in [0.05, 0.1) is 12.3 Å². The summed E-state index contributed by atoms with van der Waals surface area (Å²) in [6.45, 7) is 7.01. The summed E-state index contributed by atoms with van der Waals surface area (Å²) in [5, 5.41) is 0. The Morgan fingerprint density at radius 2 is 1.93 bits per heavy atom. The van der Waals surface area contributed by atoms with E-state index in [1.54, 1.807) is 13.4 Å². The fourth-order valence-corrected chi connectivity index (χ4v) is 3.25. The number of nitrogen functional groups attached to an aromatic ring is 1. The summed E-state index contributed by atoms with van der Waals surface area (Å²) < 4.78 is 10.8. The standard InChI is InChI=1S/C21H29N5O2/c1-4-17(18-13-16(5-6-19(18)22)28-12-11-27-3)20-14-21(24-15-23-20)26-9-7-25(2)8-10-26/h4-6,13-15H,7-12,22H2,1-3H3/b17-4-. The summed E-state index contributed by atoms with van der Waals surface area (Å²) in [4.78, 5) is 13.6. The van der Waals surface area contributed by atoms with Crippen molar-refractivity contribution in [3.05, 3.63) is 47.9 Å². The average molecular weight is 383 g/mol. The van der Waals surface area contributed by atoms with Crippen molar-refractivity contribution in [3.8, 4) is 5.75 Å². The molecule has 0 atom stereocenters. The maximum atomic E-state index is 6.27. The molecule has 0 saturated carbocycles. The second kappa shape index (κ2) is 9.52. The van der Waals surface area contributed by atoms with Crippen LogP contribution in [0.5, 0.6) is 5.75 Å². The SMILES string of the molecule is C/C=C(\c1cc(N2CCN(C)CC2)ncn1)c1cc(OCCOC)ccc1N. The Bertz CT molecular complexity index is 816. The van der Waals surface area contributed by atoms with E-state index in [2.05, 4.69) is 26.8 Å². The molecule has 0 unspecified atom stereocenters. The van der Waals surface area contributed by atoms with E-state index < -0.39 is 0 Å². The maximum absolute atomic E-state index is 6.27. The van der Waals surface area contributed by atoms with Crippen LogP contribution in [0.4, 0.5) is 11.5 Å². The van der Waals surface area contributed by atoms with Gasteiger partial charge in [-0.05, 0) is 32.2 Å². The van der Waals surface area contributed by atoms with Crippen LogP contribution in [0.1, 0.15) is 18.2 Å². The molecule has 1 aromatic heterocycles. The van der Waals surface area contributed by atoms with E-state index in [0.29, 0.717) is 18.9 Å². The molecule has 28 heavy (non-hydrogen) atoms. The fraction of sp³-hybridized carbons (Fsp3) is 0.429. The molecule has 1 aliphatic heterocycles. The molecule has 2 aromatic rings. The van der Waals surface area contributed by atoms with Gasteiger partial charge in [0.2, 0.25) is 0 Å². The van der Waals surface area contributed by atoms with E-state index in [0.717, 1.165) is 54.6 Å². The van der Waals surface area contributed by atoms with E-state index >= 15 is 0 Å². The minimum Gasteiger partial charge on any atom is -0.491 e. The Morgan fingerprint density at radius 1 is 1.14 bits per heavy atom. The van der Waals surface area contributed by atoms with Crippen molar-refractivity contribution in [2.75, 3.05) is 64.2 Å². The fourth-order valence-electron chi connectivity index (χ4n) is 3.25. The van der Waals surface area contributed by atoms with Crippen LogP contribution in [-0.4, -0.2) is 68.4 Å². The number of rotatable bonds is 7. The third-order valence-electron chi connectivity index (χ3n) is 4.92. The minimum absolute atomic E-state index is 0.492. The number of benzene rings is 1. The highest BCUT2D eigenvalue weighted by Gasteiger charge is 2.17. The molecule has 0 bridgehead atoms. The number of likely N-dealkylation sites (N-methyl/N-ethyl adjacent to an activating group) is 1. The van der Waals surface area contributed by atoms with E-state index in [1.165, 1.54) is 0 Å². The quantitative estimate of drug-likeness (QED) is 0.581. The highest BCUT2D eigenvalue weighted by atomic mass is 16.5. The van der Waals surface area contributed by atoms with Gasteiger partial charge in [0.25, 0.3) is 0 Å². The third kappa shape index (κ3) is 4.79. The zero-order valence-corrected chi connectivity index (χ0v) is 16.9. The molecule has 3 rings (SSSR count). The van der Waals surface area contributed by atoms with Gasteiger partial charge in [-0.3, -0.25) is 0 Å². The Labute approximate surface area is 166 Å². The average Bonchev–Trinajstić information content (AvgIpc) is 2.72. The molecular formula is C21H29N5O2. The first kappa shape index (κ1) is 20.1. The van der Waals surface area contributed by atoms with Crippen molar-refractivity contribution >= 4 is 17.1 Å². The Balaban J connectivity index is 1.85. The van der Waals surface area contributed by atoms with E-state index in [1.807, 2.05) is 37.3 Å². The predicted molar refractivity (Wildman–Crippen MR) is 113 cm³/mol. The van der Waals surface area contributed by atoms with Gasteiger partial charge in [-0.2, -0.15) is 0 Å². The van der Waals surface area contributed by atoms with Gasteiger partial charge in [0, 0.05) is 56.2 Å². The smallest absolute Gasteiger partial charge is 0.132 e. The number of ether oxygens (including phenoxy) is 2. The van der Waals surface area contributed by atoms with Crippen LogP contribution < -0.4 is 15.4 Å². The predicted octanol–water partition coefficient (Wildman–Crippen LogP) is 2.29. The van der Waals surface area contributed by atoms with Gasteiger partial charge >= 0.3 is 0 Å². The molecule has 0 aliphatic carbocycles. The minimum atomic E-state index is 0.492. The molecule has 0 spiro atoms. The lowest BCUT2D eigenvalue weighted by atomic mass is 10.00. The van der Waals surface area contributed by atoms with Crippen LogP contribution in [0.2, 0.25) is 0 Å². The number of hydrogen-bond donors (Lipinski definition) is 1. The zero-order chi connectivity index (χ0) is 19.9. The Morgan fingerprint density at radius 3 is 2.64 bits per heavy atom. The van der Waals surface area contributed by atoms with Crippen LogP contribution in [-0.2, 0) is 4.74 Å². The number of nitrogens with two attached hydrogens (primary N) is 1. The lowest BCUT2D eigenvalue weighted by molar-refractivity contribution is 0.146. The molecule has 7 heteroatoms. The summed E-state index contributed by atoms with van der Waals surface area (Å²) in [7, 11) is 3.80. The molecule has 2 heterocycles. The maximum Gasteiger partial charge on any atom is 0.132 e. The molecule has 1 saturated heterocycles. The van der Waals surface area contributed by atoms with Gasteiger partial charge in [0.15, 0.2) is 0 Å². The highest BCUT2D eigenvalue weighted by Crippen LogP contribution is 2.31. The van der Waals surface area contributed by atoms with Crippen LogP contribution in [0.3, 0.4) is 0 Å². The number of hydrogen-bond acceptors (Lipinski definition) is 7. The first-order chi connectivity index (χ1) is 13.6. The first-order valence-corrected chi connectivity index (χ1v) is 9.56. The van der Waals surface area contributed by atoms with Crippen molar-refractivity contribution in [3.63, 3.8) is 0 Å². The van der Waals surface area contributed by atoms with Crippen molar-refractivity contribution in [1.29, 1.82) is 0 Å². The molecule has 0 amide bonds. The summed E-state index contributed by atoms with van der Waals surface area (Å²) in [6, 6.07) is 7.73. The number of methoxy groups -OCH3 is 1. The summed E-state index contributed by atoms with van der Waals surface area (Å²) in [5.74, 6) is 1.71. The van der Waals surface area contributed by atoms with Crippen molar-refractivity contribution < 1.29 is 9.47 Å². The molecule has 150 valence electrons. The second-order valence-electron chi connectivity index (χ2n) is 6.84. The zero-order valence-electron chi connectivity index (χ0n) is 16.9. The topological polar surface area (TPSA) is 76.7 Å². The van der Waals surface area contributed by atoms with Gasteiger partial charge in [-0.25, -0.2) is 9.97 Å². The number of aromatic nitrogens is 2. The number of piperazine rings is 1. The summed E-state index contributed by atoms with van der Waals surface area (Å²) >= 11 is 0. The van der Waals surface area contributed by atoms with Crippen LogP contribution >= 0.6 is 0 Å². The van der Waals surface area contributed by atoms with Crippen molar-refractivity contribution in [1.82, 2.24) is 14.9 Å². The summed E-state index contributed by atoms with van der Waals surface area (Å²) in [5.41, 5.74) is 9.68. The van der Waals surface area contributed by atoms with Crippen LogP contribution in [0, 0.1) is 0 Å². The molecule has 7 nitrogen and oxygen atoms in total. The van der Waals surface area contributed by atoms with Gasteiger partial charge in [0.1, 0.15) is 24.5 Å². The van der Waals surface area contributed by atoms with Crippen molar-refractivity contribution in [2.45, 2.75) is 6.92 Å². The Kier molecular flexibility index (Phi) is 6.84. The van der Waals surface area contributed by atoms with Crippen LogP contribution in [0.25, 0.3) is 5.57 Å². The summed E-state index contributed by atoms with van der Waals surface area (Å²) in [6.07, 6.45) is 3.66. The normalized spacial score (nSPS) is 15.7. The third-order valence-corrected chi connectivity index (χ3v) is 4.92. The van der Waals surface area contributed by atoms with Crippen molar-refractivity contribution in [2.24, 2.45) is 0 Å². The lowest BCUT2D eigenvalue weighted by Crippen LogP contribution is -2.44. The molecule has 1 aliphatic rings. The highest BCUT2D eigenvalue weighted by molar-refractivity contribution is 5.85. The Hall–Kier alpha value is -2.64. The molecule has 2 N–H and O–H groups in total. The molecular weight excluding hydrogens is 354 g/mol. The molecule has 0 radical (unpaired) electrons. The monoisotopic (exact) mass is 383 g/mol. The largest absolute Gasteiger partial charge is 0.491 e. The van der Waals surface area contributed by atoms with E-state index in [4.69, 9.17) is 15.2 Å². The number of allylic oxidation sites excluding steroid dienone is 1. The van der Waals surface area contributed by atoms with Gasteiger partial charge < -0.3 is 25.0 Å². The second-order valence-corrected chi connectivity index (χ2v) is 6.84. The lowest BCUT2D eigenvalue weighted by Gasteiger charge is -2.33. The van der Waals surface area contributed by atoms with Gasteiger partial charge in [-0.15, -0.1) is 0 Å². The number of nitrogens with zero attached hydrogens (tertiary/aromatic N) is 4. The first-order valence-electron chi connectivity index (χ1n) is 9.56. The number of anilines is 2. The van der Waals surface area contributed by atoms with Crippen LogP contribution in [0.15, 0.2) is 36.7 Å². The van der Waals surface area contributed by atoms with E-state index in [9.17, 15) is 0 Å². The molecule has 1 fully saturated rings. The van der Waals surface area contributed by atoms with Gasteiger partial charge in [-0.1, -0.05) is 6.08 Å². The van der Waals surface area contributed by atoms with E-state index in [-0.39, 0.29) is 0 Å².